The Hall–Kier alpha value is -2.16. The number of sulfonamides is 1. The molecular weight excluding hydrogens is 505 g/mol. The van der Waals surface area contributed by atoms with Gasteiger partial charge in [-0.25, -0.2) is 13.1 Å². The summed E-state index contributed by atoms with van der Waals surface area (Å²) in [4.78, 5) is 4.01. The van der Waals surface area contributed by atoms with Crippen molar-refractivity contribution in [1.29, 1.82) is 0 Å². The van der Waals surface area contributed by atoms with Gasteiger partial charge in [0.25, 0.3) is 0 Å². The van der Waals surface area contributed by atoms with Crippen LogP contribution in [0.5, 0.6) is 5.75 Å². The minimum absolute atomic E-state index is 0. The number of rotatable bonds is 8. The lowest BCUT2D eigenvalue weighted by Gasteiger charge is -2.50. The first-order valence-corrected chi connectivity index (χ1v) is 13.5. The summed E-state index contributed by atoms with van der Waals surface area (Å²) in [6.07, 6.45) is 7.33. The molecule has 2 aliphatic rings. The summed E-state index contributed by atoms with van der Waals surface area (Å²) >= 11 is 6.16. The van der Waals surface area contributed by atoms with E-state index >= 15 is 0 Å². The van der Waals surface area contributed by atoms with Gasteiger partial charge < -0.3 is 10.1 Å². The van der Waals surface area contributed by atoms with E-state index in [-0.39, 0.29) is 41.9 Å². The summed E-state index contributed by atoms with van der Waals surface area (Å²) in [6, 6.07) is 17.8. The van der Waals surface area contributed by atoms with E-state index in [1.54, 1.807) is 12.3 Å². The van der Waals surface area contributed by atoms with Crippen molar-refractivity contribution in [2.45, 2.75) is 42.0 Å². The monoisotopic (exact) mass is 533 g/mol. The molecule has 0 radical (unpaired) electrons. The predicted molar refractivity (Wildman–Crippen MR) is 140 cm³/mol. The fourth-order valence-electron chi connectivity index (χ4n) is 5.13. The molecule has 5 rings (SSSR count). The number of hydrogen-bond donors (Lipinski definition) is 2. The number of nitrogens with zero attached hydrogens (tertiary/aromatic N) is 1. The summed E-state index contributed by atoms with van der Waals surface area (Å²) in [5, 5.41) is 4.53. The van der Waals surface area contributed by atoms with Gasteiger partial charge in [0.2, 0.25) is 10.0 Å². The van der Waals surface area contributed by atoms with Crippen LogP contribution < -0.4 is 14.8 Å². The fraction of sp³-hybridized carbons (Fsp3) is 0.346. The van der Waals surface area contributed by atoms with E-state index in [1.807, 2.05) is 18.2 Å². The second-order valence-electron chi connectivity index (χ2n) is 8.95. The Labute approximate surface area is 217 Å². The Kier molecular flexibility index (Phi) is 8.03. The summed E-state index contributed by atoms with van der Waals surface area (Å²) in [5.74, 6) is 0.749. The molecule has 2 aromatic carbocycles. The highest BCUT2D eigenvalue weighted by atomic mass is 35.5. The SMILES string of the molecule is Cl.O=S(=O)(NCCOc1ccc2c(c1)[C@H](C1(c3ccc(Cl)cc3)CCC1)NCC2)c1cccnc1. The average Bonchev–Trinajstić information content (AvgIpc) is 2.83. The standard InChI is InChI=1S/C26H28ClN3O3S.ClH/c27-21-7-5-20(6-8-21)26(11-2-12-26)25-24-17-22(9-4-19(24)10-14-29-25)33-16-15-30-34(31,32)23-3-1-13-28-18-23;/h1,3-9,13,17-18,25,29-30H,2,10-12,14-16H2;1H/t25-;/m1./s1. The summed E-state index contributed by atoms with van der Waals surface area (Å²) in [5.41, 5.74) is 3.99. The molecule has 1 saturated carbocycles. The van der Waals surface area contributed by atoms with Gasteiger partial charge in [0.05, 0.1) is 0 Å². The van der Waals surface area contributed by atoms with E-state index < -0.39 is 10.0 Å². The molecule has 1 aliphatic carbocycles. The second-order valence-corrected chi connectivity index (χ2v) is 11.2. The van der Waals surface area contributed by atoms with Gasteiger partial charge >= 0.3 is 0 Å². The lowest BCUT2D eigenvalue weighted by atomic mass is 9.58. The molecule has 2 heterocycles. The maximum Gasteiger partial charge on any atom is 0.242 e. The number of halogens is 2. The number of ether oxygens (including phenoxy) is 1. The van der Waals surface area contributed by atoms with Crippen LogP contribution in [-0.2, 0) is 21.9 Å². The predicted octanol–water partition coefficient (Wildman–Crippen LogP) is 4.82. The lowest BCUT2D eigenvalue weighted by molar-refractivity contribution is 0.164. The maximum atomic E-state index is 12.4. The molecule has 186 valence electrons. The van der Waals surface area contributed by atoms with E-state index in [0.29, 0.717) is 0 Å². The van der Waals surface area contributed by atoms with Crippen LogP contribution >= 0.6 is 24.0 Å². The van der Waals surface area contributed by atoms with Gasteiger partial charge in [-0.3, -0.25) is 4.98 Å². The summed E-state index contributed by atoms with van der Waals surface area (Å²) in [7, 11) is -3.60. The van der Waals surface area contributed by atoms with Crippen molar-refractivity contribution in [2.24, 2.45) is 0 Å². The molecule has 0 amide bonds. The Balaban J connectivity index is 0.00000289. The smallest absolute Gasteiger partial charge is 0.242 e. The molecule has 0 unspecified atom stereocenters. The molecular formula is C26H29Cl2N3O3S. The molecule has 6 nitrogen and oxygen atoms in total. The van der Waals surface area contributed by atoms with Crippen molar-refractivity contribution in [2.75, 3.05) is 19.7 Å². The number of nitrogens with one attached hydrogen (secondary N) is 2. The summed E-state index contributed by atoms with van der Waals surface area (Å²) < 4.78 is 33.2. The van der Waals surface area contributed by atoms with Crippen LogP contribution in [0.4, 0.5) is 0 Å². The second kappa shape index (κ2) is 10.8. The largest absolute Gasteiger partial charge is 0.492 e. The zero-order valence-corrected chi connectivity index (χ0v) is 21.6. The van der Waals surface area contributed by atoms with Crippen molar-refractivity contribution in [1.82, 2.24) is 15.0 Å². The normalized spacial score (nSPS) is 18.6. The molecule has 1 aromatic heterocycles. The summed E-state index contributed by atoms with van der Waals surface area (Å²) in [6.45, 7) is 1.35. The topological polar surface area (TPSA) is 80.3 Å². The minimum atomic E-state index is -3.60. The van der Waals surface area contributed by atoms with Gasteiger partial charge in [-0.2, -0.15) is 0 Å². The Bertz CT molecular complexity index is 1250. The van der Waals surface area contributed by atoms with Gasteiger partial charge in [-0.1, -0.05) is 36.2 Å². The van der Waals surface area contributed by atoms with Gasteiger partial charge in [-0.15, -0.1) is 12.4 Å². The van der Waals surface area contributed by atoms with Crippen molar-refractivity contribution in [3.05, 3.63) is 88.7 Å². The molecule has 35 heavy (non-hydrogen) atoms. The highest BCUT2D eigenvalue weighted by Gasteiger charge is 2.47. The molecule has 0 spiro atoms. The quantitative estimate of drug-likeness (QED) is 0.405. The van der Waals surface area contributed by atoms with Crippen LogP contribution in [-0.4, -0.2) is 33.1 Å². The van der Waals surface area contributed by atoms with Crippen molar-refractivity contribution in [3.8, 4) is 5.75 Å². The molecule has 0 saturated heterocycles. The van der Waals surface area contributed by atoms with Crippen LogP contribution in [0.25, 0.3) is 0 Å². The van der Waals surface area contributed by atoms with Crippen LogP contribution in [0.1, 0.15) is 42.0 Å². The first kappa shape index (κ1) is 25.9. The third-order valence-corrected chi connectivity index (χ3v) is 8.69. The van der Waals surface area contributed by atoms with Gasteiger partial charge in [0.15, 0.2) is 0 Å². The van der Waals surface area contributed by atoms with E-state index in [2.05, 4.69) is 39.3 Å². The van der Waals surface area contributed by atoms with Crippen LogP contribution in [0.3, 0.4) is 0 Å². The first-order valence-electron chi connectivity index (χ1n) is 11.6. The third-order valence-electron chi connectivity index (χ3n) is 7.00. The van der Waals surface area contributed by atoms with Crippen molar-refractivity contribution in [3.63, 3.8) is 0 Å². The van der Waals surface area contributed by atoms with Gasteiger partial charge in [0, 0.05) is 35.4 Å². The Morgan fingerprint density at radius 1 is 1.14 bits per heavy atom. The first-order chi connectivity index (χ1) is 16.5. The van der Waals surface area contributed by atoms with Crippen LogP contribution in [0.2, 0.25) is 5.02 Å². The number of pyridine rings is 1. The van der Waals surface area contributed by atoms with Gasteiger partial charge in [0.1, 0.15) is 17.3 Å². The van der Waals surface area contributed by atoms with E-state index in [9.17, 15) is 8.42 Å². The zero-order valence-electron chi connectivity index (χ0n) is 19.2. The van der Waals surface area contributed by atoms with E-state index in [0.717, 1.165) is 36.6 Å². The molecule has 1 fully saturated rings. The Morgan fingerprint density at radius 3 is 2.63 bits per heavy atom. The molecule has 1 atom stereocenters. The molecule has 2 N–H and O–H groups in total. The van der Waals surface area contributed by atoms with Crippen molar-refractivity contribution < 1.29 is 13.2 Å². The number of benzene rings is 2. The number of hydrogen-bond acceptors (Lipinski definition) is 5. The third kappa shape index (κ3) is 5.34. The zero-order chi connectivity index (χ0) is 23.6. The van der Waals surface area contributed by atoms with Gasteiger partial charge in [-0.05, 0) is 78.9 Å². The van der Waals surface area contributed by atoms with E-state index in [4.69, 9.17) is 16.3 Å². The van der Waals surface area contributed by atoms with Crippen LogP contribution in [0, 0.1) is 0 Å². The fourth-order valence-corrected chi connectivity index (χ4v) is 6.23. The number of fused-ring (bicyclic) bond motifs is 1. The molecule has 9 heteroatoms. The molecule has 3 aromatic rings. The highest BCUT2D eigenvalue weighted by Crippen LogP contribution is 2.53. The number of aromatic nitrogens is 1. The van der Waals surface area contributed by atoms with Crippen LogP contribution in [0.15, 0.2) is 71.9 Å². The van der Waals surface area contributed by atoms with E-state index in [1.165, 1.54) is 35.4 Å². The lowest BCUT2D eigenvalue weighted by Crippen LogP contribution is -2.49. The molecule has 1 aliphatic heterocycles. The molecule has 0 bridgehead atoms. The van der Waals surface area contributed by atoms with Crippen molar-refractivity contribution >= 4 is 34.0 Å². The average molecular weight is 535 g/mol. The Morgan fingerprint density at radius 2 is 1.94 bits per heavy atom. The maximum absolute atomic E-state index is 12.4. The minimum Gasteiger partial charge on any atom is -0.492 e. The highest BCUT2D eigenvalue weighted by molar-refractivity contribution is 7.89.